The minimum Gasteiger partial charge on any atom is -0.493 e. The number of aryl methyl sites for hydroxylation is 1. The van der Waals surface area contributed by atoms with Crippen molar-refractivity contribution in [3.8, 4) is 11.5 Å². The minimum atomic E-state index is -0.335. The van der Waals surface area contributed by atoms with E-state index in [1.165, 1.54) is 17.9 Å². The predicted octanol–water partition coefficient (Wildman–Crippen LogP) is 6.48. The molecule has 6 nitrogen and oxygen atoms in total. The molecule has 9 heteroatoms. The molecule has 0 spiro atoms. The summed E-state index contributed by atoms with van der Waals surface area (Å²) >= 11 is 6.94. The third-order valence-electron chi connectivity index (χ3n) is 5.29. The molecule has 180 valence electrons. The second-order valence-electron chi connectivity index (χ2n) is 7.71. The van der Waals surface area contributed by atoms with Crippen LogP contribution < -0.4 is 15.0 Å². The van der Waals surface area contributed by atoms with Crippen LogP contribution in [0, 0.1) is 5.82 Å². The standard InChI is InChI=1S/C26H22Br2FN3O3/c1-3-6-25-31-22-10-9-18(27)12-19(22)26(33)32(25)30-14-17-11-23(34-2)24(13-20(17)28)35-15-16-7-4-5-8-21(16)29/h4-5,7-14H,3,6,15H2,1-2H3. The van der Waals surface area contributed by atoms with Crippen LogP contribution in [-0.4, -0.2) is 23.0 Å². The Hall–Kier alpha value is -3.04. The molecule has 0 bridgehead atoms. The molecule has 3 aromatic carbocycles. The molecule has 0 aliphatic rings. The first kappa shape index (κ1) is 25.1. The monoisotopic (exact) mass is 601 g/mol. The molecule has 0 atom stereocenters. The van der Waals surface area contributed by atoms with E-state index in [-0.39, 0.29) is 18.0 Å². The molecule has 0 radical (unpaired) electrons. The van der Waals surface area contributed by atoms with Crippen molar-refractivity contribution in [1.82, 2.24) is 9.66 Å². The molecule has 1 aromatic heterocycles. The smallest absolute Gasteiger partial charge is 0.282 e. The lowest BCUT2D eigenvalue weighted by Crippen LogP contribution is -2.22. The number of hydrogen-bond acceptors (Lipinski definition) is 5. The molecule has 0 fully saturated rings. The number of fused-ring (bicyclic) bond motifs is 1. The van der Waals surface area contributed by atoms with Crippen molar-refractivity contribution in [2.75, 3.05) is 7.11 Å². The fourth-order valence-corrected chi connectivity index (χ4v) is 4.30. The van der Waals surface area contributed by atoms with Crippen LogP contribution >= 0.6 is 31.9 Å². The maximum Gasteiger partial charge on any atom is 0.282 e. The van der Waals surface area contributed by atoms with E-state index in [4.69, 9.17) is 9.47 Å². The first-order valence-electron chi connectivity index (χ1n) is 10.9. The van der Waals surface area contributed by atoms with E-state index in [9.17, 15) is 9.18 Å². The maximum absolute atomic E-state index is 13.9. The molecular weight excluding hydrogens is 581 g/mol. The molecule has 1 heterocycles. The van der Waals surface area contributed by atoms with Crippen LogP contribution in [0.5, 0.6) is 11.5 Å². The summed E-state index contributed by atoms with van der Waals surface area (Å²) < 4.78 is 28.0. The largest absolute Gasteiger partial charge is 0.493 e. The number of nitrogens with zero attached hydrogens (tertiary/aromatic N) is 3. The lowest BCUT2D eigenvalue weighted by atomic mass is 10.2. The molecule has 0 N–H and O–H groups in total. The lowest BCUT2D eigenvalue weighted by Gasteiger charge is -2.13. The molecule has 0 unspecified atom stereocenters. The first-order chi connectivity index (χ1) is 16.9. The third kappa shape index (κ3) is 5.62. The van der Waals surface area contributed by atoms with E-state index in [0.717, 1.165) is 10.9 Å². The summed E-state index contributed by atoms with van der Waals surface area (Å²) in [5.74, 6) is 1.14. The summed E-state index contributed by atoms with van der Waals surface area (Å²) in [6, 6.07) is 15.3. The summed E-state index contributed by atoms with van der Waals surface area (Å²) in [4.78, 5) is 17.9. The Labute approximate surface area is 218 Å². The van der Waals surface area contributed by atoms with Crippen molar-refractivity contribution < 1.29 is 13.9 Å². The summed E-state index contributed by atoms with van der Waals surface area (Å²) in [5.41, 5.74) is 1.49. The van der Waals surface area contributed by atoms with Crippen LogP contribution in [0.1, 0.15) is 30.3 Å². The van der Waals surface area contributed by atoms with Gasteiger partial charge >= 0.3 is 0 Å². The van der Waals surface area contributed by atoms with Crippen LogP contribution in [0.2, 0.25) is 0 Å². The van der Waals surface area contributed by atoms with Crippen LogP contribution in [0.25, 0.3) is 10.9 Å². The Morgan fingerprint density at radius 2 is 1.91 bits per heavy atom. The quantitative estimate of drug-likeness (QED) is 0.216. The fraction of sp³-hybridized carbons (Fsp3) is 0.192. The van der Waals surface area contributed by atoms with Crippen molar-refractivity contribution in [3.63, 3.8) is 0 Å². The van der Waals surface area contributed by atoms with Gasteiger partial charge in [0, 0.05) is 26.5 Å². The van der Waals surface area contributed by atoms with E-state index in [1.54, 1.807) is 42.6 Å². The van der Waals surface area contributed by atoms with Crippen molar-refractivity contribution in [2.24, 2.45) is 5.10 Å². The van der Waals surface area contributed by atoms with Crippen molar-refractivity contribution in [1.29, 1.82) is 0 Å². The van der Waals surface area contributed by atoms with Gasteiger partial charge in [-0.05, 0) is 58.7 Å². The van der Waals surface area contributed by atoms with Gasteiger partial charge in [0.05, 0.1) is 24.2 Å². The van der Waals surface area contributed by atoms with Gasteiger partial charge in [0.1, 0.15) is 18.2 Å². The number of halogens is 3. The van der Waals surface area contributed by atoms with Gasteiger partial charge in [-0.2, -0.15) is 9.78 Å². The summed E-state index contributed by atoms with van der Waals surface area (Å²) in [6.07, 6.45) is 2.99. The predicted molar refractivity (Wildman–Crippen MR) is 142 cm³/mol. The van der Waals surface area contributed by atoms with Gasteiger partial charge in [0.15, 0.2) is 11.5 Å². The van der Waals surface area contributed by atoms with Gasteiger partial charge in [-0.15, -0.1) is 0 Å². The highest BCUT2D eigenvalue weighted by molar-refractivity contribution is 9.10. The Bertz CT molecular complexity index is 1470. The third-order valence-corrected chi connectivity index (χ3v) is 6.47. The van der Waals surface area contributed by atoms with Gasteiger partial charge in [-0.3, -0.25) is 4.79 Å². The second-order valence-corrected chi connectivity index (χ2v) is 9.48. The van der Waals surface area contributed by atoms with Crippen molar-refractivity contribution >= 4 is 49.0 Å². The van der Waals surface area contributed by atoms with E-state index in [1.807, 2.05) is 19.1 Å². The van der Waals surface area contributed by atoms with Gasteiger partial charge in [-0.25, -0.2) is 9.37 Å². The van der Waals surface area contributed by atoms with Crippen LogP contribution in [0.4, 0.5) is 4.39 Å². The molecule has 0 saturated carbocycles. The normalized spacial score (nSPS) is 11.3. The lowest BCUT2D eigenvalue weighted by molar-refractivity contribution is 0.279. The molecule has 35 heavy (non-hydrogen) atoms. The molecule has 0 saturated heterocycles. The van der Waals surface area contributed by atoms with Crippen molar-refractivity contribution in [2.45, 2.75) is 26.4 Å². The SMILES string of the molecule is CCCc1nc2ccc(Br)cc2c(=O)n1N=Cc1cc(OC)c(OCc2ccccc2F)cc1Br. The highest BCUT2D eigenvalue weighted by Crippen LogP contribution is 2.33. The summed E-state index contributed by atoms with van der Waals surface area (Å²) in [7, 11) is 1.52. The average Bonchev–Trinajstić information content (AvgIpc) is 2.85. The highest BCUT2D eigenvalue weighted by atomic mass is 79.9. The summed E-state index contributed by atoms with van der Waals surface area (Å²) in [5, 5.41) is 4.95. The zero-order chi connectivity index (χ0) is 24.9. The van der Waals surface area contributed by atoms with E-state index >= 15 is 0 Å². The van der Waals surface area contributed by atoms with Gasteiger partial charge < -0.3 is 9.47 Å². The van der Waals surface area contributed by atoms with E-state index < -0.39 is 0 Å². The number of rotatable bonds is 8. The number of methoxy groups -OCH3 is 1. The first-order valence-corrected chi connectivity index (χ1v) is 12.5. The number of benzene rings is 3. The number of aromatic nitrogens is 2. The Morgan fingerprint density at radius 1 is 1.11 bits per heavy atom. The molecule has 0 amide bonds. The Balaban J connectivity index is 1.68. The van der Waals surface area contributed by atoms with E-state index in [2.05, 4.69) is 41.9 Å². The second kappa shape index (κ2) is 11.1. The Morgan fingerprint density at radius 3 is 2.66 bits per heavy atom. The number of hydrogen-bond donors (Lipinski definition) is 0. The van der Waals surface area contributed by atoms with Gasteiger partial charge in [-0.1, -0.05) is 41.1 Å². The minimum absolute atomic E-state index is 0.0526. The average molecular weight is 603 g/mol. The number of ether oxygens (including phenoxy) is 2. The topological polar surface area (TPSA) is 65.7 Å². The summed E-state index contributed by atoms with van der Waals surface area (Å²) in [6.45, 7) is 2.07. The van der Waals surface area contributed by atoms with Gasteiger partial charge in [0.25, 0.3) is 5.56 Å². The fourth-order valence-electron chi connectivity index (χ4n) is 3.51. The highest BCUT2D eigenvalue weighted by Gasteiger charge is 2.13. The molecule has 4 aromatic rings. The van der Waals surface area contributed by atoms with Crippen LogP contribution in [0.15, 0.2) is 73.4 Å². The van der Waals surface area contributed by atoms with Crippen molar-refractivity contribution in [3.05, 3.63) is 96.7 Å². The molecule has 0 aliphatic heterocycles. The van der Waals surface area contributed by atoms with Crippen LogP contribution in [0.3, 0.4) is 0 Å². The Kier molecular flexibility index (Phi) is 7.97. The zero-order valence-electron chi connectivity index (χ0n) is 19.1. The molecule has 4 rings (SSSR count). The van der Waals surface area contributed by atoms with Crippen LogP contribution in [-0.2, 0) is 13.0 Å². The molecular formula is C26H22Br2FN3O3. The zero-order valence-corrected chi connectivity index (χ0v) is 22.3. The molecule has 0 aliphatic carbocycles. The van der Waals surface area contributed by atoms with Gasteiger partial charge in [0.2, 0.25) is 0 Å². The van der Waals surface area contributed by atoms with E-state index in [0.29, 0.717) is 50.2 Å². The maximum atomic E-state index is 13.9.